The number of nitrogens with zero attached hydrogens (tertiary/aromatic N) is 2. The van der Waals surface area contributed by atoms with Crippen molar-refractivity contribution in [2.24, 2.45) is 0 Å². The molecule has 3 aromatic rings. The van der Waals surface area contributed by atoms with E-state index >= 15 is 0 Å². The van der Waals surface area contributed by atoms with Crippen LogP contribution in [0.2, 0.25) is 5.02 Å². The van der Waals surface area contributed by atoms with Gasteiger partial charge in [0.1, 0.15) is 10.8 Å². The Balaban J connectivity index is 1.52. The van der Waals surface area contributed by atoms with Crippen molar-refractivity contribution < 1.29 is 18.3 Å². The van der Waals surface area contributed by atoms with Gasteiger partial charge in [-0.25, -0.2) is 18.6 Å². The highest BCUT2D eigenvalue weighted by molar-refractivity contribution is 7.09. The molecule has 0 unspecified atom stereocenters. The number of amides is 2. The maximum absolute atomic E-state index is 12.2. The van der Waals surface area contributed by atoms with E-state index in [1.165, 1.54) is 23.5 Å². The van der Waals surface area contributed by atoms with E-state index in [4.69, 9.17) is 16.3 Å². The zero-order valence-electron chi connectivity index (χ0n) is 14.4. The lowest BCUT2D eigenvalue weighted by Crippen LogP contribution is -2.28. The number of nitrogens with one attached hydrogen (secondary N) is 2. The monoisotopic (exact) mass is 424 g/mol. The Morgan fingerprint density at radius 1 is 1.18 bits per heavy atom. The van der Waals surface area contributed by atoms with Crippen molar-refractivity contribution in [3.05, 3.63) is 57.9 Å². The number of pyridine rings is 1. The van der Waals surface area contributed by atoms with Gasteiger partial charge < -0.3 is 10.1 Å². The van der Waals surface area contributed by atoms with Crippen molar-refractivity contribution in [2.75, 3.05) is 11.9 Å². The van der Waals surface area contributed by atoms with E-state index in [0.717, 1.165) is 16.3 Å². The van der Waals surface area contributed by atoms with Gasteiger partial charge in [-0.1, -0.05) is 29.8 Å². The average Bonchev–Trinajstić information content (AvgIpc) is 3.15. The first-order valence-corrected chi connectivity index (χ1v) is 9.38. The van der Waals surface area contributed by atoms with E-state index < -0.39 is 19.1 Å². The molecule has 0 aliphatic heterocycles. The molecule has 0 saturated heterocycles. The van der Waals surface area contributed by atoms with Crippen LogP contribution in [0.5, 0.6) is 5.88 Å². The zero-order chi connectivity index (χ0) is 19.9. The Morgan fingerprint density at radius 3 is 2.71 bits per heavy atom. The van der Waals surface area contributed by atoms with E-state index in [0.29, 0.717) is 5.02 Å². The highest BCUT2D eigenvalue weighted by Gasteiger charge is 2.09. The number of hydrogen-bond donors (Lipinski definition) is 2. The van der Waals surface area contributed by atoms with Crippen molar-refractivity contribution in [1.82, 2.24) is 15.3 Å². The van der Waals surface area contributed by atoms with E-state index in [1.54, 1.807) is 18.2 Å². The van der Waals surface area contributed by atoms with Crippen LogP contribution < -0.4 is 15.4 Å². The molecule has 0 saturated carbocycles. The summed E-state index contributed by atoms with van der Waals surface area (Å²) in [7, 11) is 0. The molecule has 2 N–H and O–H groups in total. The van der Waals surface area contributed by atoms with E-state index in [9.17, 15) is 13.6 Å². The SMILES string of the molecule is O=C(NCc1nc(-c2ccc(Cl)cc2)cs1)Nc1cccc(OCC(F)F)n1. The number of carbonyl (C=O) groups excluding carboxylic acids is 1. The number of ether oxygens (including phenoxy) is 1. The van der Waals surface area contributed by atoms with Crippen molar-refractivity contribution in [1.29, 1.82) is 0 Å². The average molecular weight is 425 g/mol. The molecular formula is C18H15ClF2N4O2S. The van der Waals surface area contributed by atoms with Crippen LogP contribution in [0.1, 0.15) is 5.01 Å². The second kappa shape index (κ2) is 9.43. The molecule has 28 heavy (non-hydrogen) atoms. The highest BCUT2D eigenvalue weighted by atomic mass is 35.5. The minimum Gasteiger partial charge on any atom is -0.472 e. The van der Waals surface area contributed by atoms with Gasteiger partial charge in [-0.15, -0.1) is 11.3 Å². The number of benzene rings is 1. The van der Waals surface area contributed by atoms with Gasteiger partial charge in [-0.3, -0.25) is 5.32 Å². The van der Waals surface area contributed by atoms with Crippen molar-refractivity contribution in [2.45, 2.75) is 13.0 Å². The second-order valence-electron chi connectivity index (χ2n) is 5.50. The number of halogens is 3. The van der Waals surface area contributed by atoms with Gasteiger partial charge in [0.15, 0.2) is 6.61 Å². The molecule has 10 heteroatoms. The van der Waals surface area contributed by atoms with Gasteiger partial charge in [0.05, 0.1) is 12.2 Å². The number of carbonyl (C=O) groups is 1. The molecule has 0 spiro atoms. The molecule has 6 nitrogen and oxygen atoms in total. The third kappa shape index (κ3) is 5.86. The highest BCUT2D eigenvalue weighted by Crippen LogP contribution is 2.23. The van der Waals surface area contributed by atoms with Crippen molar-refractivity contribution in [3.63, 3.8) is 0 Å². The van der Waals surface area contributed by atoms with Crippen LogP contribution in [0.3, 0.4) is 0 Å². The summed E-state index contributed by atoms with van der Waals surface area (Å²) in [5.74, 6) is 0.191. The van der Waals surface area contributed by atoms with Crippen molar-refractivity contribution in [3.8, 4) is 17.1 Å². The number of thiazole rings is 1. The van der Waals surface area contributed by atoms with E-state index in [-0.39, 0.29) is 18.2 Å². The third-order valence-electron chi connectivity index (χ3n) is 3.41. The number of anilines is 1. The van der Waals surface area contributed by atoms with Crippen LogP contribution in [0, 0.1) is 0 Å². The Morgan fingerprint density at radius 2 is 1.96 bits per heavy atom. The Kier molecular flexibility index (Phi) is 6.72. The van der Waals surface area contributed by atoms with Crippen LogP contribution in [0.25, 0.3) is 11.3 Å². The number of alkyl halides is 2. The topological polar surface area (TPSA) is 76.1 Å². The summed E-state index contributed by atoms with van der Waals surface area (Å²) in [5, 5.41) is 8.45. The molecule has 0 aliphatic rings. The fourth-order valence-electron chi connectivity index (χ4n) is 2.17. The first kappa shape index (κ1) is 20.0. The summed E-state index contributed by atoms with van der Waals surface area (Å²) in [6.45, 7) is -0.533. The molecule has 2 amide bonds. The van der Waals surface area contributed by atoms with Crippen LogP contribution in [-0.4, -0.2) is 29.0 Å². The molecule has 0 radical (unpaired) electrons. The molecule has 2 heterocycles. The van der Waals surface area contributed by atoms with Gasteiger partial charge in [0.2, 0.25) is 5.88 Å². The second-order valence-corrected chi connectivity index (χ2v) is 6.88. The summed E-state index contributed by atoms with van der Waals surface area (Å²) in [6.07, 6.45) is -2.60. The summed E-state index contributed by atoms with van der Waals surface area (Å²) in [5.41, 5.74) is 1.73. The molecular weight excluding hydrogens is 410 g/mol. The predicted molar refractivity (Wildman–Crippen MR) is 104 cm³/mol. The molecule has 0 bridgehead atoms. The first-order chi connectivity index (χ1) is 13.5. The Bertz CT molecular complexity index is 937. The van der Waals surface area contributed by atoms with Crippen LogP contribution in [0.15, 0.2) is 47.8 Å². The van der Waals surface area contributed by atoms with Gasteiger partial charge in [-0.05, 0) is 18.2 Å². The molecule has 146 valence electrons. The number of aromatic nitrogens is 2. The van der Waals surface area contributed by atoms with Gasteiger partial charge >= 0.3 is 6.03 Å². The molecule has 0 aliphatic carbocycles. The predicted octanol–water partition coefficient (Wildman–Crippen LogP) is 4.82. The van der Waals surface area contributed by atoms with E-state index in [1.807, 2.05) is 17.5 Å². The maximum atomic E-state index is 12.2. The van der Waals surface area contributed by atoms with Crippen LogP contribution in [0.4, 0.5) is 19.4 Å². The molecule has 3 rings (SSSR count). The normalized spacial score (nSPS) is 10.7. The summed E-state index contributed by atoms with van der Waals surface area (Å²) < 4.78 is 29.2. The minimum atomic E-state index is -2.60. The minimum absolute atomic E-state index is 0.00521. The van der Waals surface area contributed by atoms with Crippen LogP contribution in [-0.2, 0) is 6.54 Å². The first-order valence-electron chi connectivity index (χ1n) is 8.13. The summed E-state index contributed by atoms with van der Waals surface area (Å²) in [6, 6.07) is 11.3. The Labute approximate surface area is 168 Å². The molecule has 0 fully saturated rings. The molecule has 0 atom stereocenters. The third-order valence-corrected chi connectivity index (χ3v) is 4.52. The zero-order valence-corrected chi connectivity index (χ0v) is 15.9. The maximum Gasteiger partial charge on any atom is 0.320 e. The fourth-order valence-corrected chi connectivity index (χ4v) is 3.04. The quantitative estimate of drug-likeness (QED) is 0.570. The summed E-state index contributed by atoms with van der Waals surface area (Å²) in [4.78, 5) is 20.4. The fraction of sp³-hybridized carbons (Fsp3) is 0.167. The number of rotatable bonds is 7. The van der Waals surface area contributed by atoms with E-state index in [2.05, 4.69) is 20.6 Å². The Hall–Kier alpha value is -2.78. The number of hydrogen-bond acceptors (Lipinski definition) is 5. The lowest BCUT2D eigenvalue weighted by Gasteiger charge is -2.08. The van der Waals surface area contributed by atoms with Crippen molar-refractivity contribution >= 4 is 34.8 Å². The van der Waals surface area contributed by atoms with Gasteiger partial charge in [0.25, 0.3) is 6.43 Å². The largest absolute Gasteiger partial charge is 0.472 e. The van der Waals surface area contributed by atoms with Crippen LogP contribution >= 0.6 is 22.9 Å². The summed E-state index contributed by atoms with van der Waals surface area (Å²) >= 11 is 7.29. The molecule has 1 aromatic carbocycles. The molecule has 2 aromatic heterocycles. The lowest BCUT2D eigenvalue weighted by molar-refractivity contribution is 0.0796. The van der Waals surface area contributed by atoms with Gasteiger partial charge in [0, 0.05) is 22.0 Å². The van der Waals surface area contributed by atoms with Gasteiger partial charge in [-0.2, -0.15) is 4.98 Å². The lowest BCUT2D eigenvalue weighted by atomic mass is 10.2. The standard InChI is InChI=1S/C18H15ClF2N4O2S/c19-12-6-4-11(5-7-12)13-10-28-17(23-13)8-22-18(26)25-15-2-1-3-16(24-15)27-9-14(20)21/h1-7,10,14H,8-9H2,(H2,22,24,25,26). The number of urea groups is 1. The smallest absolute Gasteiger partial charge is 0.320 e.